The van der Waals surface area contributed by atoms with Crippen LogP contribution in [0.1, 0.15) is 6.92 Å². The number of carbonyl (C=O) groups is 1. The van der Waals surface area contributed by atoms with E-state index in [1.165, 1.54) is 6.92 Å². The minimum atomic E-state index is -1.04. The fourth-order valence-corrected chi connectivity index (χ4v) is 0.984. The second-order valence-electron chi connectivity index (χ2n) is 2.90. The normalized spacial score (nSPS) is 31.6. The van der Waals surface area contributed by atoms with Crippen molar-refractivity contribution in [2.75, 3.05) is 13.2 Å². The van der Waals surface area contributed by atoms with Crippen molar-refractivity contribution in [2.24, 2.45) is 0 Å². The van der Waals surface area contributed by atoms with Crippen LogP contribution in [-0.2, 0) is 9.53 Å². The maximum absolute atomic E-state index is 10.9. The Morgan fingerprint density at radius 3 is 2.75 bits per heavy atom. The summed E-state index contributed by atoms with van der Waals surface area (Å²) < 4.78 is 4.90. The first-order valence-electron chi connectivity index (χ1n) is 3.85. The molecule has 0 saturated carbocycles. The average molecular weight is 175 g/mol. The lowest BCUT2D eigenvalue weighted by molar-refractivity contribution is -0.129. The molecule has 1 heterocycles. The minimum Gasteiger partial charge on any atom is -0.388 e. The molecule has 2 unspecified atom stereocenters. The minimum absolute atomic E-state index is 0.241. The summed E-state index contributed by atoms with van der Waals surface area (Å²) in [5.74, 6) is -0.482. The molecule has 1 fully saturated rings. The highest BCUT2D eigenvalue weighted by molar-refractivity contribution is 5.80. The lowest BCUT2D eigenvalue weighted by Crippen LogP contribution is -2.46. The molecule has 12 heavy (non-hydrogen) atoms. The lowest BCUT2D eigenvalue weighted by Gasteiger charge is -2.15. The van der Waals surface area contributed by atoms with Gasteiger partial charge in [0.15, 0.2) is 0 Å². The number of rotatable bonds is 2. The quantitative estimate of drug-likeness (QED) is 0.464. The zero-order valence-electron chi connectivity index (χ0n) is 6.86. The van der Waals surface area contributed by atoms with Gasteiger partial charge in [0.2, 0.25) is 5.91 Å². The predicted octanol–water partition coefficient (Wildman–Crippen LogP) is -1.76. The Bertz CT molecular complexity index is 171. The Hall–Kier alpha value is -0.650. The molecule has 0 aromatic rings. The van der Waals surface area contributed by atoms with Gasteiger partial charge in [-0.2, -0.15) is 0 Å². The Kier molecular flexibility index (Phi) is 3.02. The smallest absolute Gasteiger partial charge is 0.248 e. The van der Waals surface area contributed by atoms with Gasteiger partial charge in [-0.25, -0.2) is 0 Å². The van der Waals surface area contributed by atoms with E-state index in [0.29, 0.717) is 6.61 Å². The van der Waals surface area contributed by atoms with Crippen LogP contribution in [0, 0.1) is 0 Å². The van der Waals surface area contributed by atoms with E-state index in [-0.39, 0.29) is 12.6 Å². The summed E-state index contributed by atoms with van der Waals surface area (Å²) in [6.07, 6.45) is -1.70. The second-order valence-corrected chi connectivity index (χ2v) is 2.90. The van der Waals surface area contributed by atoms with Gasteiger partial charge in [0.05, 0.1) is 25.4 Å². The van der Waals surface area contributed by atoms with Gasteiger partial charge in [-0.3, -0.25) is 4.79 Å². The topological polar surface area (TPSA) is 78.8 Å². The lowest BCUT2D eigenvalue weighted by atomic mass is 10.2. The predicted molar refractivity (Wildman–Crippen MR) is 40.4 cm³/mol. The van der Waals surface area contributed by atoms with Crippen molar-refractivity contribution in [3.8, 4) is 0 Å². The van der Waals surface area contributed by atoms with Crippen LogP contribution in [0.5, 0.6) is 0 Å². The van der Waals surface area contributed by atoms with E-state index in [2.05, 4.69) is 5.32 Å². The molecule has 1 saturated heterocycles. The van der Waals surface area contributed by atoms with Crippen LogP contribution < -0.4 is 5.32 Å². The third-order valence-corrected chi connectivity index (χ3v) is 1.76. The van der Waals surface area contributed by atoms with Crippen molar-refractivity contribution in [1.29, 1.82) is 0 Å². The highest BCUT2D eigenvalue weighted by Crippen LogP contribution is 2.04. The first-order valence-corrected chi connectivity index (χ1v) is 3.85. The number of aliphatic hydroxyl groups excluding tert-OH is 2. The number of hydrogen-bond donors (Lipinski definition) is 3. The summed E-state index contributed by atoms with van der Waals surface area (Å²) in [6.45, 7) is 1.92. The van der Waals surface area contributed by atoms with E-state index in [9.17, 15) is 9.90 Å². The van der Waals surface area contributed by atoms with Crippen molar-refractivity contribution in [3.05, 3.63) is 0 Å². The number of carbonyl (C=O) groups excluding carboxylic acids is 1. The molecule has 0 aliphatic carbocycles. The summed E-state index contributed by atoms with van der Waals surface area (Å²) in [4.78, 5) is 10.9. The van der Waals surface area contributed by atoms with Crippen LogP contribution in [0.15, 0.2) is 0 Å². The number of amides is 1. The van der Waals surface area contributed by atoms with E-state index in [4.69, 9.17) is 9.84 Å². The molecule has 70 valence electrons. The van der Waals surface area contributed by atoms with Crippen molar-refractivity contribution in [3.63, 3.8) is 0 Å². The first kappa shape index (κ1) is 9.44. The van der Waals surface area contributed by atoms with Gasteiger partial charge < -0.3 is 20.3 Å². The van der Waals surface area contributed by atoms with Crippen LogP contribution in [0.25, 0.3) is 0 Å². The molecule has 0 radical (unpaired) electrons. The van der Waals surface area contributed by atoms with Crippen LogP contribution in [0.2, 0.25) is 0 Å². The molecule has 1 aliphatic rings. The highest BCUT2D eigenvalue weighted by atomic mass is 16.5. The molecule has 0 aromatic carbocycles. The Balaban J connectivity index is 2.35. The van der Waals surface area contributed by atoms with E-state index < -0.39 is 18.1 Å². The van der Waals surface area contributed by atoms with Crippen LogP contribution in [-0.4, -0.2) is 47.6 Å². The van der Waals surface area contributed by atoms with Gasteiger partial charge in [0, 0.05) is 0 Å². The standard InChI is InChI=1S/C7H13NO4/c1-4(9)7(11)8-5-2-12-3-6(5)10/h4-6,9-10H,2-3H2,1H3,(H,8,11)/t4-,5?,6?/m0/s1. The average Bonchev–Trinajstić information content (AvgIpc) is 2.36. The maximum Gasteiger partial charge on any atom is 0.248 e. The van der Waals surface area contributed by atoms with Gasteiger partial charge in [-0.15, -0.1) is 0 Å². The monoisotopic (exact) mass is 175 g/mol. The molecule has 1 rings (SSSR count). The van der Waals surface area contributed by atoms with Crippen LogP contribution >= 0.6 is 0 Å². The Morgan fingerprint density at radius 1 is 1.67 bits per heavy atom. The Labute approximate surface area is 70.3 Å². The van der Waals surface area contributed by atoms with Gasteiger partial charge in [0.25, 0.3) is 0 Å². The summed E-state index contributed by atoms with van der Waals surface area (Å²) in [7, 11) is 0. The van der Waals surface area contributed by atoms with E-state index in [1.54, 1.807) is 0 Å². The van der Waals surface area contributed by atoms with E-state index >= 15 is 0 Å². The van der Waals surface area contributed by atoms with Crippen molar-refractivity contribution < 1.29 is 19.7 Å². The zero-order valence-corrected chi connectivity index (χ0v) is 6.86. The van der Waals surface area contributed by atoms with Crippen LogP contribution in [0.3, 0.4) is 0 Å². The molecule has 1 aliphatic heterocycles. The van der Waals surface area contributed by atoms with E-state index in [0.717, 1.165) is 0 Å². The Morgan fingerprint density at radius 2 is 2.33 bits per heavy atom. The molecule has 3 atom stereocenters. The summed E-state index contributed by atoms with van der Waals surface area (Å²) in [5, 5.41) is 20.5. The molecule has 0 bridgehead atoms. The molecular formula is C7H13NO4. The number of hydrogen-bond acceptors (Lipinski definition) is 4. The molecule has 5 nitrogen and oxygen atoms in total. The van der Waals surface area contributed by atoms with Crippen molar-refractivity contribution >= 4 is 5.91 Å². The molecule has 5 heteroatoms. The molecule has 0 aromatic heterocycles. The van der Waals surface area contributed by atoms with Gasteiger partial charge in [-0.1, -0.05) is 0 Å². The molecule has 3 N–H and O–H groups in total. The van der Waals surface area contributed by atoms with Gasteiger partial charge >= 0.3 is 0 Å². The summed E-state index contributed by atoms with van der Waals surface area (Å²) >= 11 is 0. The molecular weight excluding hydrogens is 162 g/mol. The third-order valence-electron chi connectivity index (χ3n) is 1.76. The maximum atomic E-state index is 10.9. The van der Waals surface area contributed by atoms with Crippen molar-refractivity contribution in [1.82, 2.24) is 5.32 Å². The molecule has 0 spiro atoms. The number of nitrogens with one attached hydrogen (secondary N) is 1. The number of ether oxygens (including phenoxy) is 1. The fraction of sp³-hybridized carbons (Fsp3) is 0.857. The van der Waals surface area contributed by atoms with Crippen LogP contribution in [0.4, 0.5) is 0 Å². The van der Waals surface area contributed by atoms with Gasteiger partial charge in [0.1, 0.15) is 6.10 Å². The zero-order chi connectivity index (χ0) is 9.14. The number of aliphatic hydroxyl groups is 2. The third kappa shape index (κ3) is 2.17. The molecule has 1 amide bonds. The fourth-order valence-electron chi connectivity index (χ4n) is 0.984. The van der Waals surface area contributed by atoms with E-state index in [1.807, 2.05) is 0 Å². The summed E-state index contributed by atoms with van der Waals surface area (Å²) in [5.41, 5.74) is 0. The largest absolute Gasteiger partial charge is 0.388 e. The second kappa shape index (κ2) is 3.84. The highest BCUT2D eigenvalue weighted by Gasteiger charge is 2.28. The SMILES string of the molecule is C[C@H](O)C(=O)NC1COCC1O. The first-order chi connectivity index (χ1) is 5.61. The van der Waals surface area contributed by atoms with Crippen molar-refractivity contribution in [2.45, 2.75) is 25.2 Å². The summed E-state index contributed by atoms with van der Waals surface area (Å²) in [6, 6.07) is -0.382. The van der Waals surface area contributed by atoms with Gasteiger partial charge in [-0.05, 0) is 6.92 Å².